The van der Waals surface area contributed by atoms with Crippen LogP contribution in [0.25, 0.3) is 0 Å². The van der Waals surface area contributed by atoms with E-state index in [4.69, 9.17) is 10.5 Å². The minimum atomic E-state index is -0.578. The third kappa shape index (κ3) is 3.24. The molecule has 0 aliphatic carbocycles. The first-order chi connectivity index (χ1) is 9.93. The van der Waals surface area contributed by atoms with Crippen LogP contribution in [0, 0.1) is 12.7 Å². The lowest BCUT2D eigenvalue weighted by atomic mass is 10.2. The van der Waals surface area contributed by atoms with Crippen molar-refractivity contribution in [3.8, 4) is 0 Å². The molecule has 0 spiro atoms. The number of aryl methyl sites for hydroxylation is 2. The topological polar surface area (TPSA) is 70.1 Å². The van der Waals surface area contributed by atoms with Crippen molar-refractivity contribution in [2.45, 2.75) is 27.0 Å². The molecule has 0 atom stereocenters. The molecular formula is C14H15BrFN3O2. The van der Waals surface area contributed by atoms with E-state index in [0.29, 0.717) is 28.0 Å². The molecule has 7 heteroatoms. The van der Waals surface area contributed by atoms with E-state index in [1.54, 1.807) is 13.0 Å². The molecule has 112 valence electrons. The number of rotatable bonds is 4. The molecule has 0 unspecified atom stereocenters. The van der Waals surface area contributed by atoms with Crippen LogP contribution in [0.4, 0.5) is 10.1 Å². The van der Waals surface area contributed by atoms with Crippen molar-refractivity contribution in [1.29, 1.82) is 0 Å². The van der Waals surface area contributed by atoms with E-state index in [2.05, 4.69) is 21.0 Å². The standard InChI is InChI=1S/C14H15BrFN3O2/c1-3-19-13(12(17)8(2)18-19)14(20)21-7-9-6-10(16)4-5-11(9)15/h4-6H,3,7,17H2,1-2H3. The molecule has 0 aliphatic heterocycles. The van der Waals surface area contributed by atoms with Crippen LogP contribution >= 0.6 is 15.9 Å². The summed E-state index contributed by atoms with van der Waals surface area (Å²) in [7, 11) is 0. The van der Waals surface area contributed by atoms with Gasteiger partial charge in [0.1, 0.15) is 12.4 Å². The molecule has 2 N–H and O–H groups in total. The van der Waals surface area contributed by atoms with Gasteiger partial charge in [-0.25, -0.2) is 9.18 Å². The molecular weight excluding hydrogens is 341 g/mol. The first kappa shape index (κ1) is 15.5. The Balaban J connectivity index is 2.17. The smallest absolute Gasteiger partial charge is 0.359 e. The molecule has 5 nitrogen and oxygen atoms in total. The quantitative estimate of drug-likeness (QED) is 0.855. The van der Waals surface area contributed by atoms with E-state index in [0.717, 1.165) is 0 Å². The zero-order valence-corrected chi connectivity index (χ0v) is 13.3. The molecule has 1 aromatic carbocycles. The maximum atomic E-state index is 13.2. The Morgan fingerprint density at radius 3 is 2.90 bits per heavy atom. The highest BCUT2D eigenvalue weighted by molar-refractivity contribution is 9.10. The summed E-state index contributed by atoms with van der Waals surface area (Å²) in [6.45, 7) is 4.03. The van der Waals surface area contributed by atoms with E-state index in [9.17, 15) is 9.18 Å². The van der Waals surface area contributed by atoms with Gasteiger partial charge in [0.15, 0.2) is 5.69 Å². The molecule has 0 aliphatic rings. The van der Waals surface area contributed by atoms with Gasteiger partial charge in [0.05, 0.1) is 11.4 Å². The average molecular weight is 356 g/mol. The number of benzene rings is 1. The van der Waals surface area contributed by atoms with E-state index in [1.165, 1.54) is 16.8 Å². The molecule has 1 aromatic heterocycles. The number of esters is 1. The Morgan fingerprint density at radius 1 is 1.52 bits per heavy atom. The molecule has 0 saturated carbocycles. The largest absolute Gasteiger partial charge is 0.456 e. The van der Waals surface area contributed by atoms with Crippen LogP contribution in [0.15, 0.2) is 22.7 Å². The van der Waals surface area contributed by atoms with E-state index < -0.39 is 11.8 Å². The molecule has 0 amide bonds. The number of nitrogens with two attached hydrogens (primary N) is 1. The molecule has 21 heavy (non-hydrogen) atoms. The Hall–Kier alpha value is -1.89. The third-order valence-electron chi connectivity index (χ3n) is 3.03. The fourth-order valence-corrected chi connectivity index (χ4v) is 2.27. The summed E-state index contributed by atoms with van der Waals surface area (Å²) in [5.41, 5.74) is 7.50. The molecule has 1 heterocycles. The average Bonchev–Trinajstić information content (AvgIpc) is 2.75. The van der Waals surface area contributed by atoms with Crippen LogP contribution in [-0.4, -0.2) is 15.7 Å². The van der Waals surface area contributed by atoms with E-state index in [-0.39, 0.29) is 12.3 Å². The van der Waals surface area contributed by atoms with Gasteiger partial charge in [0.25, 0.3) is 0 Å². The first-order valence-electron chi connectivity index (χ1n) is 6.38. The monoisotopic (exact) mass is 355 g/mol. The molecule has 2 aromatic rings. The number of aromatic nitrogens is 2. The Bertz CT molecular complexity index is 685. The molecule has 0 saturated heterocycles. The SMILES string of the molecule is CCn1nc(C)c(N)c1C(=O)OCc1cc(F)ccc1Br. The van der Waals surface area contributed by atoms with Crippen LogP contribution in [0.3, 0.4) is 0 Å². The van der Waals surface area contributed by atoms with Crippen molar-refractivity contribution in [3.05, 3.63) is 45.4 Å². The Morgan fingerprint density at radius 2 is 2.24 bits per heavy atom. The number of hydrogen-bond acceptors (Lipinski definition) is 4. The minimum absolute atomic E-state index is 0.0510. The van der Waals surface area contributed by atoms with Crippen LogP contribution < -0.4 is 5.73 Å². The summed E-state index contributed by atoms with van der Waals surface area (Å²) < 4.78 is 20.6. The minimum Gasteiger partial charge on any atom is -0.456 e. The normalized spacial score (nSPS) is 10.7. The lowest BCUT2D eigenvalue weighted by molar-refractivity contribution is 0.0458. The zero-order valence-electron chi connectivity index (χ0n) is 11.7. The molecule has 2 rings (SSSR count). The van der Waals surface area contributed by atoms with Gasteiger partial charge in [0.2, 0.25) is 0 Å². The van der Waals surface area contributed by atoms with Crippen molar-refractivity contribution in [2.75, 3.05) is 5.73 Å². The van der Waals surface area contributed by atoms with Gasteiger partial charge in [0, 0.05) is 16.6 Å². The summed E-state index contributed by atoms with van der Waals surface area (Å²) in [5, 5.41) is 4.16. The van der Waals surface area contributed by atoms with Crippen LogP contribution in [0.5, 0.6) is 0 Å². The maximum Gasteiger partial charge on any atom is 0.359 e. The lowest BCUT2D eigenvalue weighted by Crippen LogP contribution is -2.14. The van der Waals surface area contributed by atoms with Crippen molar-refractivity contribution in [1.82, 2.24) is 9.78 Å². The summed E-state index contributed by atoms with van der Waals surface area (Å²) in [4.78, 5) is 12.2. The van der Waals surface area contributed by atoms with E-state index >= 15 is 0 Å². The second-order valence-electron chi connectivity index (χ2n) is 4.48. The number of carbonyl (C=O) groups is 1. The highest BCUT2D eigenvalue weighted by Gasteiger charge is 2.20. The first-order valence-corrected chi connectivity index (χ1v) is 7.17. The van der Waals surface area contributed by atoms with Crippen molar-refractivity contribution >= 4 is 27.6 Å². The fourth-order valence-electron chi connectivity index (χ4n) is 1.91. The van der Waals surface area contributed by atoms with Crippen molar-refractivity contribution in [3.63, 3.8) is 0 Å². The molecule has 0 fully saturated rings. The number of carbonyl (C=O) groups excluding carboxylic acids is 1. The second kappa shape index (κ2) is 6.26. The number of anilines is 1. The number of ether oxygens (including phenoxy) is 1. The second-order valence-corrected chi connectivity index (χ2v) is 5.33. The summed E-state index contributed by atoms with van der Waals surface area (Å²) >= 11 is 3.28. The molecule has 0 bridgehead atoms. The Kier molecular flexibility index (Phi) is 4.62. The molecule has 0 radical (unpaired) electrons. The number of hydrogen-bond donors (Lipinski definition) is 1. The fraction of sp³-hybridized carbons (Fsp3) is 0.286. The number of nitrogens with zero attached hydrogens (tertiary/aromatic N) is 2. The van der Waals surface area contributed by atoms with Gasteiger partial charge < -0.3 is 10.5 Å². The van der Waals surface area contributed by atoms with Gasteiger partial charge >= 0.3 is 5.97 Å². The predicted molar refractivity (Wildman–Crippen MR) is 80.3 cm³/mol. The number of nitrogen functional groups attached to an aromatic ring is 1. The van der Waals surface area contributed by atoms with Crippen LogP contribution in [0.2, 0.25) is 0 Å². The zero-order chi connectivity index (χ0) is 15.6. The van der Waals surface area contributed by atoms with Gasteiger partial charge in [-0.15, -0.1) is 0 Å². The Labute approximate surface area is 130 Å². The highest BCUT2D eigenvalue weighted by atomic mass is 79.9. The van der Waals surface area contributed by atoms with Crippen LogP contribution in [0.1, 0.15) is 28.7 Å². The maximum absolute atomic E-state index is 13.2. The lowest BCUT2D eigenvalue weighted by Gasteiger charge is -2.08. The predicted octanol–water partition coefficient (Wildman–Crippen LogP) is 3.05. The number of halogens is 2. The van der Waals surface area contributed by atoms with Crippen LogP contribution in [-0.2, 0) is 17.9 Å². The van der Waals surface area contributed by atoms with Gasteiger partial charge in [-0.1, -0.05) is 15.9 Å². The van der Waals surface area contributed by atoms with E-state index in [1.807, 2.05) is 6.92 Å². The van der Waals surface area contributed by atoms with Crippen molar-refractivity contribution < 1.29 is 13.9 Å². The highest BCUT2D eigenvalue weighted by Crippen LogP contribution is 2.21. The summed E-state index contributed by atoms with van der Waals surface area (Å²) in [5.74, 6) is -0.968. The summed E-state index contributed by atoms with van der Waals surface area (Å²) in [6.07, 6.45) is 0. The van der Waals surface area contributed by atoms with Gasteiger partial charge in [-0.2, -0.15) is 5.10 Å². The third-order valence-corrected chi connectivity index (χ3v) is 3.81. The van der Waals surface area contributed by atoms with Gasteiger partial charge in [-0.3, -0.25) is 4.68 Å². The van der Waals surface area contributed by atoms with Gasteiger partial charge in [-0.05, 0) is 32.0 Å². The summed E-state index contributed by atoms with van der Waals surface area (Å²) in [6, 6.07) is 4.19. The van der Waals surface area contributed by atoms with Crippen molar-refractivity contribution in [2.24, 2.45) is 0 Å².